The van der Waals surface area contributed by atoms with Gasteiger partial charge >= 0.3 is 0 Å². The standard InChI is InChI=1S/C11H14N2O/c1-2-5-10(6-3-1)9-14-13-11-7-4-8-12-11/h1-3,5-6H,4,7-9H2,(H,12,13). The van der Waals surface area contributed by atoms with E-state index < -0.39 is 0 Å². The van der Waals surface area contributed by atoms with Crippen LogP contribution in [-0.2, 0) is 11.4 Å². The van der Waals surface area contributed by atoms with Crippen LogP contribution in [0.5, 0.6) is 0 Å². The van der Waals surface area contributed by atoms with E-state index in [2.05, 4.69) is 10.5 Å². The molecule has 0 spiro atoms. The second kappa shape index (κ2) is 4.77. The van der Waals surface area contributed by atoms with Crippen LogP contribution in [0.15, 0.2) is 35.3 Å². The Balaban J connectivity index is 1.73. The van der Waals surface area contributed by atoms with E-state index in [1.165, 1.54) is 5.56 Å². The third-order valence-corrected chi connectivity index (χ3v) is 2.15. The van der Waals surface area contributed by atoms with Gasteiger partial charge < -0.3 is 0 Å². The highest BCUT2D eigenvalue weighted by Gasteiger charge is 2.04. The van der Waals surface area contributed by atoms with Crippen LogP contribution in [0.2, 0.25) is 0 Å². The summed E-state index contributed by atoms with van der Waals surface area (Å²) in [6, 6.07) is 10.1. The molecule has 0 saturated carbocycles. The zero-order valence-corrected chi connectivity index (χ0v) is 8.07. The molecule has 0 unspecified atom stereocenters. The Labute approximate surface area is 83.8 Å². The zero-order chi connectivity index (χ0) is 9.64. The fourth-order valence-corrected chi connectivity index (χ4v) is 1.40. The number of hydrogen-bond donors (Lipinski definition) is 1. The highest BCUT2D eigenvalue weighted by molar-refractivity contribution is 5.82. The quantitative estimate of drug-likeness (QED) is 0.738. The number of nitrogens with zero attached hydrogens (tertiary/aromatic N) is 1. The molecule has 1 aliphatic heterocycles. The molecule has 0 fully saturated rings. The van der Waals surface area contributed by atoms with E-state index in [1.807, 2.05) is 30.3 Å². The molecular formula is C11H14N2O. The van der Waals surface area contributed by atoms with E-state index in [9.17, 15) is 0 Å². The smallest absolute Gasteiger partial charge is 0.120 e. The number of aliphatic imine (C=N–C) groups is 1. The molecule has 0 saturated heterocycles. The lowest BCUT2D eigenvalue weighted by molar-refractivity contribution is 0.0702. The summed E-state index contributed by atoms with van der Waals surface area (Å²) in [5, 5.41) is 0. The predicted octanol–water partition coefficient (Wildman–Crippen LogP) is 1.90. The first-order chi connectivity index (χ1) is 6.95. The van der Waals surface area contributed by atoms with Crippen molar-refractivity contribution in [1.82, 2.24) is 5.48 Å². The van der Waals surface area contributed by atoms with Crippen molar-refractivity contribution in [2.45, 2.75) is 19.4 Å². The average Bonchev–Trinajstić information content (AvgIpc) is 2.72. The minimum Gasteiger partial charge on any atom is -0.271 e. The molecule has 1 heterocycles. The first kappa shape index (κ1) is 9.21. The number of benzene rings is 1. The maximum absolute atomic E-state index is 5.32. The van der Waals surface area contributed by atoms with E-state index in [0.29, 0.717) is 6.61 Å². The minimum absolute atomic E-state index is 0.583. The van der Waals surface area contributed by atoms with Crippen LogP contribution in [0.1, 0.15) is 18.4 Å². The summed E-state index contributed by atoms with van der Waals surface area (Å²) in [5.41, 5.74) is 4.05. The van der Waals surface area contributed by atoms with Gasteiger partial charge in [0.25, 0.3) is 0 Å². The largest absolute Gasteiger partial charge is 0.271 e. The average molecular weight is 190 g/mol. The Morgan fingerprint density at radius 1 is 1.29 bits per heavy atom. The molecule has 0 bridgehead atoms. The molecule has 3 nitrogen and oxygen atoms in total. The molecule has 3 heteroatoms. The van der Waals surface area contributed by atoms with Crippen LogP contribution in [0.4, 0.5) is 0 Å². The number of nitrogens with one attached hydrogen (secondary N) is 1. The number of amidine groups is 1. The van der Waals surface area contributed by atoms with Gasteiger partial charge in [0, 0.05) is 13.0 Å². The normalized spacial score (nSPS) is 15.3. The second-order valence-electron chi connectivity index (χ2n) is 3.31. The van der Waals surface area contributed by atoms with Crippen LogP contribution < -0.4 is 5.48 Å². The van der Waals surface area contributed by atoms with E-state index in [-0.39, 0.29) is 0 Å². The first-order valence-electron chi connectivity index (χ1n) is 4.90. The monoisotopic (exact) mass is 190 g/mol. The molecule has 2 rings (SSSR count). The summed E-state index contributed by atoms with van der Waals surface area (Å²) < 4.78 is 0. The van der Waals surface area contributed by atoms with Crippen molar-refractivity contribution in [1.29, 1.82) is 0 Å². The van der Waals surface area contributed by atoms with Crippen molar-refractivity contribution >= 4 is 5.84 Å². The molecule has 74 valence electrons. The maximum Gasteiger partial charge on any atom is 0.120 e. The molecular weight excluding hydrogens is 176 g/mol. The van der Waals surface area contributed by atoms with Crippen molar-refractivity contribution in [3.63, 3.8) is 0 Å². The predicted molar refractivity (Wildman–Crippen MR) is 55.9 cm³/mol. The molecule has 1 aromatic rings. The Hall–Kier alpha value is -1.35. The lowest BCUT2D eigenvalue weighted by atomic mass is 10.2. The van der Waals surface area contributed by atoms with Crippen LogP contribution in [0, 0.1) is 0 Å². The van der Waals surface area contributed by atoms with Crippen LogP contribution in [0.3, 0.4) is 0 Å². The number of rotatable bonds is 3. The van der Waals surface area contributed by atoms with Crippen molar-refractivity contribution < 1.29 is 4.84 Å². The Morgan fingerprint density at radius 3 is 2.86 bits per heavy atom. The van der Waals surface area contributed by atoms with Crippen LogP contribution >= 0.6 is 0 Å². The topological polar surface area (TPSA) is 33.6 Å². The SMILES string of the molecule is c1ccc(CONC2=NCCC2)cc1. The third-order valence-electron chi connectivity index (χ3n) is 2.15. The van der Waals surface area contributed by atoms with Crippen LogP contribution in [-0.4, -0.2) is 12.4 Å². The molecule has 1 aliphatic rings. The van der Waals surface area contributed by atoms with Gasteiger partial charge in [-0.05, 0) is 12.0 Å². The van der Waals surface area contributed by atoms with Crippen molar-refractivity contribution in [2.24, 2.45) is 4.99 Å². The second-order valence-corrected chi connectivity index (χ2v) is 3.31. The van der Waals surface area contributed by atoms with Gasteiger partial charge in [-0.3, -0.25) is 15.3 Å². The summed E-state index contributed by atoms with van der Waals surface area (Å²) in [7, 11) is 0. The van der Waals surface area contributed by atoms with Crippen molar-refractivity contribution in [3.05, 3.63) is 35.9 Å². The maximum atomic E-state index is 5.32. The molecule has 0 aliphatic carbocycles. The molecule has 1 aromatic carbocycles. The number of hydroxylamine groups is 1. The van der Waals surface area contributed by atoms with Gasteiger partial charge in [0.2, 0.25) is 0 Å². The van der Waals surface area contributed by atoms with Crippen molar-refractivity contribution in [2.75, 3.05) is 6.54 Å². The van der Waals surface area contributed by atoms with Gasteiger partial charge in [-0.15, -0.1) is 0 Å². The fourth-order valence-electron chi connectivity index (χ4n) is 1.40. The lowest BCUT2D eigenvalue weighted by Crippen LogP contribution is -2.21. The number of hydrogen-bond acceptors (Lipinski definition) is 3. The molecule has 0 amide bonds. The lowest BCUT2D eigenvalue weighted by Gasteiger charge is -2.05. The third kappa shape index (κ3) is 2.57. The summed E-state index contributed by atoms with van der Waals surface area (Å²) in [5.74, 6) is 0.973. The fraction of sp³-hybridized carbons (Fsp3) is 0.364. The van der Waals surface area contributed by atoms with Gasteiger partial charge in [-0.1, -0.05) is 30.3 Å². The zero-order valence-electron chi connectivity index (χ0n) is 8.07. The molecule has 14 heavy (non-hydrogen) atoms. The van der Waals surface area contributed by atoms with E-state index in [1.54, 1.807) is 0 Å². The van der Waals surface area contributed by atoms with Crippen LogP contribution in [0.25, 0.3) is 0 Å². The summed E-state index contributed by atoms with van der Waals surface area (Å²) in [6.07, 6.45) is 2.14. The van der Waals surface area contributed by atoms with Gasteiger partial charge in [-0.25, -0.2) is 0 Å². The van der Waals surface area contributed by atoms with Gasteiger partial charge in [0.15, 0.2) is 0 Å². The Kier molecular flexibility index (Phi) is 3.14. The summed E-state index contributed by atoms with van der Waals surface area (Å²) in [6.45, 7) is 1.51. The van der Waals surface area contributed by atoms with E-state index in [0.717, 1.165) is 25.2 Å². The molecule has 0 aromatic heterocycles. The highest BCUT2D eigenvalue weighted by atomic mass is 16.6. The summed E-state index contributed by atoms with van der Waals surface area (Å²) in [4.78, 5) is 9.57. The van der Waals surface area contributed by atoms with Crippen molar-refractivity contribution in [3.8, 4) is 0 Å². The highest BCUT2D eigenvalue weighted by Crippen LogP contribution is 2.03. The van der Waals surface area contributed by atoms with Gasteiger partial charge in [-0.2, -0.15) is 0 Å². The Morgan fingerprint density at radius 2 is 2.14 bits per heavy atom. The molecule has 0 atom stereocenters. The minimum atomic E-state index is 0.583. The van der Waals surface area contributed by atoms with Gasteiger partial charge in [0.05, 0.1) is 6.61 Å². The van der Waals surface area contributed by atoms with Gasteiger partial charge in [0.1, 0.15) is 5.84 Å². The van der Waals surface area contributed by atoms with E-state index >= 15 is 0 Å². The molecule has 1 N–H and O–H groups in total. The summed E-state index contributed by atoms with van der Waals surface area (Å²) >= 11 is 0. The first-order valence-corrected chi connectivity index (χ1v) is 4.90. The molecule has 0 radical (unpaired) electrons. The van der Waals surface area contributed by atoms with E-state index in [4.69, 9.17) is 4.84 Å². The Bertz CT molecular complexity index is 308.